The number of carbonyl (C=O) groups is 2. The summed E-state index contributed by atoms with van der Waals surface area (Å²) < 4.78 is 1.77. The molecule has 0 unspecified atom stereocenters. The fraction of sp³-hybridized carbons (Fsp3) is 0.227. The third-order valence-corrected chi connectivity index (χ3v) is 4.48. The Kier molecular flexibility index (Phi) is 6.63. The Bertz CT molecular complexity index is 951. The normalized spacial score (nSPS) is 10.4. The Labute approximate surface area is 170 Å². The summed E-state index contributed by atoms with van der Waals surface area (Å²) in [5, 5.41) is 9.68. The van der Waals surface area contributed by atoms with Crippen LogP contribution >= 0.6 is 0 Å². The lowest BCUT2D eigenvalue weighted by Gasteiger charge is -2.16. The van der Waals surface area contributed by atoms with Gasteiger partial charge in [0.05, 0.1) is 18.4 Å². The van der Waals surface area contributed by atoms with Gasteiger partial charge in [0, 0.05) is 31.9 Å². The standard InChI is InChI=1S/C22H25N5O2/c1-17-8-10-18(11-9-17)12-23-22(29)24-14-21(28)26(2)15-19-13-25-27(16-19)20-6-4-3-5-7-20/h3-11,13,16H,12,14-15H2,1-2H3,(H2,23,24,29). The van der Waals surface area contributed by atoms with Gasteiger partial charge in [-0.1, -0.05) is 48.0 Å². The molecule has 3 amide bonds. The van der Waals surface area contributed by atoms with Crippen LogP contribution in [0.4, 0.5) is 4.79 Å². The number of carbonyl (C=O) groups excluding carboxylic acids is 2. The third-order valence-electron chi connectivity index (χ3n) is 4.48. The number of likely N-dealkylation sites (N-methyl/N-ethyl adjacent to an activating group) is 1. The zero-order chi connectivity index (χ0) is 20.6. The molecule has 0 spiro atoms. The van der Waals surface area contributed by atoms with Crippen molar-refractivity contribution >= 4 is 11.9 Å². The van der Waals surface area contributed by atoms with E-state index >= 15 is 0 Å². The minimum absolute atomic E-state index is 0.0664. The number of nitrogens with one attached hydrogen (secondary N) is 2. The van der Waals surface area contributed by atoms with Gasteiger partial charge in [-0.05, 0) is 24.6 Å². The molecule has 1 heterocycles. The van der Waals surface area contributed by atoms with Crippen molar-refractivity contribution in [1.29, 1.82) is 0 Å². The van der Waals surface area contributed by atoms with Crippen LogP contribution in [-0.4, -0.2) is 40.2 Å². The van der Waals surface area contributed by atoms with Gasteiger partial charge in [-0.2, -0.15) is 5.10 Å². The Balaban J connectivity index is 1.42. The zero-order valence-electron chi connectivity index (χ0n) is 16.6. The average Bonchev–Trinajstić information content (AvgIpc) is 3.20. The highest BCUT2D eigenvalue weighted by Gasteiger charge is 2.12. The number of hydrogen-bond donors (Lipinski definition) is 2. The maximum Gasteiger partial charge on any atom is 0.315 e. The molecule has 2 aromatic carbocycles. The smallest absolute Gasteiger partial charge is 0.315 e. The van der Waals surface area contributed by atoms with E-state index in [0.29, 0.717) is 13.1 Å². The van der Waals surface area contributed by atoms with Crippen LogP contribution in [0, 0.1) is 6.92 Å². The first-order chi connectivity index (χ1) is 14.0. The lowest BCUT2D eigenvalue weighted by atomic mass is 10.1. The second-order valence-corrected chi connectivity index (χ2v) is 6.90. The van der Waals surface area contributed by atoms with Crippen LogP contribution in [0.25, 0.3) is 5.69 Å². The number of benzene rings is 2. The van der Waals surface area contributed by atoms with Gasteiger partial charge in [0.25, 0.3) is 0 Å². The third kappa shape index (κ3) is 5.93. The van der Waals surface area contributed by atoms with Crippen molar-refractivity contribution in [2.45, 2.75) is 20.0 Å². The second-order valence-electron chi connectivity index (χ2n) is 6.90. The molecule has 0 saturated heterocycles. The summed E-state index contributed by atoms with van der Waals surface area (Å²) in [4.78, 5) is 25.8. The van der Waals surface area contributed by atoms with E-state index in [1.807, 2.05) is 67.7 Å². The van der Waals surface area contributed by atoms with Crippen molar-refractivity contribution < 1.29 is 9.59 Å². The summed E-state index contributed by atoms with van der Waals surface area (Å²) in [6.45, 7) is 2.77. The molecule has 150 valence electrons. The maximum absolute atomic E-state index is 12.3. The van der Waals surface area contributed by atoms with Crippen molar-refractivity contribution in [3.05, 3.63) is 83.7 Å². The number of para-hydroxylation sites is 1. The van der Waals surface area contributed by atoms with Crippen molar-refractivity contribution in [2.75, 3.05) is 13.6 Å². The summed E-state index contributed by atoms with van der Waals surface area (Å²) >= 11 is 0. The highest BCUT2D eigenvalue weighted by molar-refractivity contribution is 5.83. The Morgan fingerprint density at radius 1 is 1.00 bits per heavy atom. The van der Waals surface area contributed by atoms with E-state index in [1.165, 1.54) is 5.56 Å². The molecule has 7 nitrogen and oxygen atoms in total. The fourth-order valence-corrected chi connectivity index (χ4v) is 2.77. The van der Waals surface area contributed by atoms with Crippen molar-refractivity contribution in [1.82, 2.24) is 25.3 Å². The van der Waals surface area contributed by atoms with E-state index < -0.39 is 0 Å². The number of urea groups is 1. The topological polar surface area (TPSA) is 79.3 Å². The summed E-state index contributed by atoms with van der Waals surface area (Å²) in [5.41, 5.74) is 4.04. The summed E-state index contributed by atoms with van der Waals surface area (Å²) in [6.07, 6.45) is 3.62. The number of aryl methyl sites for hydroxylation is 1. The molecule has 0 fully saturated rings. The lowest BCUT2D eigenvalue weighted by molar-refractivity contribution is -0.129. The minimum Gasteiger partial charge on any atom is -0.340 e. The molecule has 3 aromatic rings. The van der Waals surface area contributed by atoms with Gasteiger partial charge in [-0.25, -0.2) is 9.48 Å². The molecule has 2 N–H and O–H groups in total. The van der Waals surface area contributed by atoms with Crippen LogP contribution < -0.4 is 10.6 Å². The number of aromatic nitrogens is 2. The molecule has 0 aliphatic carbocycles. The minimum atomic E-state index is -0.371. The second kappa shape index (κ2) is 9.54. The molecule has 1 aromatic heterocycles. The first-order valence-corrected chi connectivity index (χ1v) is 9.41. The number of rotatable bonds is 7. The molecule has 0 aliphatic rings. The van der Waals surface area contributed by atoms with Gasteiger partial charge in [0.15, 0.2) is 0 Å². The monoisotopic (exact) mass is 391 g/mol. The average molecular weight is 391 g/mol. The Hall–Kier alpha value is -3.61. The molecule has 3 rings (SSSR count). The summed E-state index contributed by atoms with van der Waals surface area (Å²) in [6, 6.07) is 17.3. The molecule has 29 heavy (non-hydrogen) atoms. The van der Waals surface area contributed by atoms with Gasteiger partial charge in [0.2, 0.25) is 5.91 Å². The first-order valence-electron chi connectivity index (χ1n) is 9.41. The van der Waals surface area contributed by atoms with Gasteiger partial charge >= 0.3 is 6.03 Å². The fourth-order valence-electron chi connectivity index (χ4n) is 2.77. The van der Waals surface area contributed by atoms with E-state index in [-0.39, 0.29) is 18.5 Å². The highest BCUT2D eigenvalue weighted by Crippen LogP contribution is 2.09. The van der Waals surface area contributed by atoms with E-state index in [2.05, 4.69) is 15.7 Å². The molecule has 7 heteroatoms. The zero-order valence-corrected chi connectivity index (χ0v) is 16.6. The van der Waals surface area contributed by atoms with Crippen molar-refractivity contribution in [2.24, 2.45) is 0 Å². The molecule has 0 atom stereocenters. The van der Waals surface area contributed by atoms with E-state index in [1.54, 1.807) is 22.8 Å². The van der Waals surface area contributed by atoms with Gasteiger partial charge in [-0.15, -0.1) is 0 Å². The molecule has 0 aliphatic heterocycles. The van der Waals surface area contributed by atoms with Gasteiger partial charge < -0.3 is 15.5 Å². The predicted molar refractivity (Wildman–Crippen MR) is 111 cm³/mol. The van der Waals surface area contributed by atoms with Crippen LogP contribution in [0.5, 0.6) is 0 Å². The Morgan fingerprint density at radius 3 is 2.45 bits per heavy atom. The van der Waals surface area contributed by atoms with Crippen LogP contribution in [0.2, 0.25) is 0 Å². The largest absolute Gasteiger partial charge is 0.340 e. The SMILES string of the molecule is Cc1ccc(CNC(=O)NCC(=O)N(C)Cc2cnn(-c3ccccc3)c2)cc1. The maximum atomic E-state index is 12.3. The Morgan fingerprint density at radius 2 is 1.72 bits per heavy atom. The van der Waals surface area contributed by atoms with Crippen LogP contribution in [0.15, 0.2) is 67.0 Å². The summed E-state index contributed by atoms with van der Waals surface area (Å²) in [7, 11) is 1.70. The number of nitrogens with zero attached hydrogens (tertiary/aromatic N) is 3. The van der Waals surface area contributed by atoms with Crippen molar-refractivity contribution in [3.8, 4) is 5.69 Å². The van der Waals surface area contributed by atoms with E-state index in [4.69, 9.17) is 0 Å². The van der Waals surface area contributed by atoms with E-state index in [0.717, 1.165) is 16.8 Å². The molecule has 0 saturated carbocycles. The molecular weight excluding hydrogens is 366 g/mol. The van der Waals surface area contributed by atoms with Crippen molar-refractivity contribution in [3.63, 3.8) is 0 Å². The highest BCUT2D eigenvalue weighted by atomic mass is 16.2. The number of hydrogen-bond acceptors (Lipinski definition) is 3. The lowest BCUT2D eigenvalue weighted by Crippen LogP contribution is -2.42. The first kappa shape index (κ1) is 20.1. The van der Waals surface area contributed by atoms with Crippen LogP contribution in [0.3, 0.4) is 0 Å². The predicted octanol–water partition coefficient (Wildman–Crippen LogP) is 2.64. The molecular formula is C22H25N5O2. The molecule has 0 bridgehead atoms. The van der Waals surface area contributed by atoms with Crippen LogP contribution in [-0.2, 0) is 17.9 Å². The van der Waals surface area contributed by atoms with Crippen LogP contribution in [0.1, 0.15) is 16.7 Å². The van der Waals surface area contributed by atoms with Gasteiger partial charge in [0.1, 0.15) is 0 Å². The summed E-state index contributed by atoms with van der Waals surface area (Å²) in [5.74, 6) is -0.178. The van der Waals surface area contributed by atoms with Gasteiger partial charge in [-0.3, -0.25) is 4.79 Å². The quantitative estimate of drug-likeness (QED) is 0.650. The molecule has 0 radical (unpaired) electrons. The number of amides is 3. The van der Waals surface area contributed by atoms with E-state index in [9.17, 15) is 9.59 Å².